The molecule has 0 heterocycles. The average molecular weight is 218 g/mol. The van der Waals surface area contributed by atoms with Crippen LogP contribution in [0.3, 0.4) is 0 Å². The van der Waals surface area contributed by atoms with E-state index in [4.69, 9.17) is 11.6 Å². The first-order chi connectivity index (χ1) is 4.74. The zero-order chi connectivity index (χ0) is 8.04. The molecule has 0 atom stereocenters. The Morgan fingerprint density at radius 1 is 1.00 bits per heavy atom. The van der Waals surface area contributed by atoms with Crippen LogP contribution in [0.15, 0.2) is 0 Å². The van der Waals surface area contributed by atoms with E-state index in [1.165, 1.54) is 24.6 Å². The van der Waals surface area contributed by atoms with Gasteiger partial charge in [0.25, 0.3) is 0 Å². The number of halogens is 2. The highest BCUT2D eigenvalue weighted by molar-refractivity contribution is 7.75. The second-order valence-electron chi connectivity index (χ2n) is 2.70. The topological polar surface area (TPSA) is 0 Å². The van der Waals surface area contributed by atoms with Crippen molar-refractivity contribution >= 4 is 31.3 Å². The van der Waals surface area contributed by atoms with Gasteiger partial charge < -0.3 is 0 Å². The fourth-order valence-electron chi connectivity index (χ4n) is 1.32. The van der Waals surface area contributed by atoms with E-state index in [0.717, 1.165) is 5.88 Å². The van der Waals surface area contributed by atoms with Gasteiger partial charge in [0.05, 0.1) is 30.5 Å². The Balaban J connectivity index is 0. The van der Waals surface area contributed by atoms with E-state index in [1.54, 1.807) is 0 Å². The predicted octanol–water partition coefficient (Wildman–Crippen LogP) is 3.72. The Hall–Kier alpha value is 1.01. The SMILES string of the molecule is CC[P+](CC)(CC)CCCl.Cl. The zero-order valence-corrected chi connectivity index (χ0v) is 10.2. The lowest BCUT2D eigenvalue weighted by molar-refractivity contribution is 1.25. The number of rotatable bonds is 5. The van der Waals surface area contributed by atoms with E-state index < -0.39 is 7.26 Å². The quantitative estimate of drug-likeness (QED) is 0.487. The summed E-state index contributed by atoms with van der Waals surface area (Å²) in [5, 5.41) is 0. The van der Waals surface area contributed by atoms with Gasteiger partial charge in [-0.15, -0.1) is 24.0 Å². The average Bonchev–Trinajstić information content (AvgIpc) is 2.01. The molecule has 0 aromatic carbocycles. The van der Waals surface area contributed by atoms with Crippen molar-refractivity contribution in [3.8, 4) is 0 Å². The van der Waals surface area contributed by atoms with Crippen LogP contribution >= 0.6 is 31.3 Å². The first-order valence-electron chi connectivity index (χ1n) is 4.15. The van der Waals surface area contributed by atoms with Gasteiger partial charge in [-0.2, -0.15) is 0 Å². The van der Waals surface area contributed by atoms with Gasteiger partial charge in [-0.3, -0.25) is 0 Å². The van der Waals surface area contributed by atoms with Crippen LogP contribution in [0.2, 0.25) is 0 Å². The van der Waals surface area contributed by atoms with Gasteiger partial charge in [-0.1, -0.05) is 0 Å². The Bertz CT molecular complexity index is 73.9. The maximum absolute atomic E-state index is 5.75. The summed E-state index contributed by atoms with van der Waals surface area (Å²) in [4.78, 5) is 0. The third-order valence-corrected chi connectivity index (χ3v) is 8.22. The third kappa shape index (κ3) is 4.55. The molecule has 0 radical (unpaired) electrons. The lowest BCUT2D eigenvalue weighted by atomic mass is 10.9. The molecule has 0 aliphatic rings. The molecule has 0 saturated heterocycles. The second kappa shape index (κ2) is 7.65. The normalized spacial score (nSPS) is 10.9. The molecule has 0 rings (SSSR count). The molecule has 3 heteroatoms. The molecule has 0 nitrogen and oxygen atoms in total. The highest BCUT2D eigenvalue weighted by Crippen LogP contribution is 2.57. The lowest BCUT2D eigenvalue weighted by Crippen LogP contribution is -2.07. The Kier molecular flexibility index (Phi) is 10.1. The van der Waals surface area contributed by atoms with Gasteiger partial charge in [0.15, 0.2) is 0 Å². The molecular weight excluding hydrogens is 198 g/mol. The van der Waals surface area contributed by atoms with Crippen molar-refractivity contribution in [1.29, 1.82) is 0 Å². The Labute approximate surface area is 82.8 Å². The second-order valence-corrected chi connectivity index (χ2v) is 8.11. The van der Waals surface area contributed by atoms with Crippen molar-refractivity contribution in [2.24, 2.45) is 0 Å². The number of hydrogen-bond acceptors (Lipinski definition) is 0. The van der Waals surface area contributed by atoms with Crippen LogP contribution in [0, 0.1) is 0 Å². The number of hydrogen-bond donors (Lipinski definition) is 0. The summed E-state index contributed by atoms with van der Waals surface area (Å²) >= 11 is 5.75. The van der Waals surface area contributed by atoms with Gasteiger partial charge >= 0.3 is 0 Å². The molecule has 70 valence electrons. The third-order valence-electron chi connectivity index (χ3n) is 2.57. The minimum Gasteiger partial charge on any atom is -0.147 e. The molecule has 0 fully saturated rings. The lowest BCUT2D eigenvalue weighted by Gasteiger charge is -2.21. The molecule has 0 saturated carbocycles. The molecule has 0 N–H and O–H groups in total. The van der Waals surface area contributed by atoms with Gasteiger partial charge in [0, 0.05) is 7.26 Å². The maximum atomic E-state index is 5.75. The summed E-state index contributed by atoms with van der Waals surface area (Å²) in [6, 6.07) is 0. The molecule has 11 heavy (non-hydrogen) atoms. The van der Waals surface area contributed by atoms with E-state index in [0.29, 0.717) is 0 Å². The molecule has 0 bridgehead atoms. The highest BCUT2D eigenvalue weighted by atomic mass is 35.5. The van der Waals surface area contributed by atoms with Crippen molar-refractivity contribution in [1.82, 2.24) is 0 Å². The molecule has 0 aromatic rings. The fraction of sp³-hybridized carbons (Fsp3) is 1.00. The van der Waals surface area contributed by atoms with Gasteiger partial charge in [0.1, 0.15) is 0 Å². The minimum atomic E-state index is -0.571. The van der Waals surface area contributed by atoms with Crippen molar-refractivity contribution in [3.05, 3.63) is 0 Å². The van der Waals surface area contributed by atoms with Crippen LogP contribution in [-0.4, -0.2) is 30.5 Å². The molecule has 0 aromatic heterocycles. The van der Waals surface area contributed by atoms with Crippen LogP contribution in [0.4, 0.5) is 0 Å². The summed E-state index contributed by atoms with van der Waals surface area (Å²) in [7, 11) is -0.571. The van der Waals surface area contributed by atoms with Crippen LogP contribution in [-0.2, 0) is 0 Å². The number of alkyl halides is 1. The maximum Gasteiger partial charge on any atom is 0.0729 e. The molecule has 0 aliphatic heterocycles. The summed E-state index contributed by atoms with van der Waals surface area (Å²) in [6.45, 7) is 6.94. The minimum absolute atomic E-state index is 0. The van der Waals surface area contributed by atoms with Crippen LogP contribution in [0.5, 0.6) is 0 Å². The first-order valence-corrected chi connectivity index (χ1v) is 7.22. The summed E-state index contributed by atoms with van der Waals surface area (Å²) in [5.41, 5.74) is 0. The van der Waals surface area contributed by atoms with Gasteiger partial charge in [-0.05, 0) is 20.8 Å². The summed E-state index contributed by atoms with van der Waals surface area (Å²) in [6.07, 6.45) is 5.43. The Morgan fingerprint density at radius 3 is 1.45 bits per heavy atom. The van der Waals surface area contributed by atoms with Crippen molar-refractivity contribution < 1.29 is 0 Å². The van der Waals surface area contributed by atoms with Crippen LogP contribution in [0.1, 0.15) is 20.8 Å². The van der Waals surface area contributed by atoms with Gasteiger partial charge in [0.2, 0.25) is 0 Å². The molecule has 0 aliphatic carbocycles. The van der Waals surface area contributed by atoms with Crippen LogP contribution < -0.4 is 0 Å². The highest BCUT2D eigenvalue weighted by Gasteiger charge is 2.29. The summed E-state index contributed by atoms with van der Waals surface area (Å²) in [5.74, 6) is 0.864. The standard InChI is InChI=1S/C8H19ClP.ClH/c1-4-10(5-2,6-3)8-7-9;/h4-8H2,1-3H3;1H/q+1;. The van der Waals surface area contributed by atoms with Crippen molar-refractivity contribution in [2.45, 2.75) is 20.8 Å². The summed E-state index contributed by atoms with van der Waals surface area (Å²) < 4.78 is 0. The molecule has 0 amide bonds. The molecule has 0 spiro atoms. The van der Waals surface area contributed by atoms with Crippen molar-refractivity contribution in [3.63, 3.8) is 0 Å². The van der Waals surface area contributed by atoms with E-state index >= 15 is 0 Å². The monoisotopic (exact) mass is 217 g/mol. The van der Waals surface area contributed by atoms with E-state index in [-0.39, 0.29) is 12.4 Å². The predicted molar refractivity (Wildman–Crippen MR) is 61.4 cm³/mol. The first kappa shape index (κ1) is 14.5. The smallest absolute Gasteiger partial charge is 0.0729 e. The molecular formula is C8H20Cl2P+. The fourth-order valence-corrected chi connectivity index (χ4v) is 5.05. The van der Waals surface area contributed by atoms with E-state index in [9.17, 15) is 0 Å². The zero-order valence-electron chi connectivity index (χ0n) is 7.77. The van der Waals surface area contributed by atoms with Gasteiger partial charge in [-0.25, -0.2) is 0 Å². The molecule has 0 unspecified atom stereocenters. The van der Waals surface area contributed by atoms with Crippen molar-refractivity contribution in [2.75, 3.05) is 30.5 Å². The van der Waals surface area contributed by atoms with E-state index in [2.05, 4.69) is 20.8 Å². The largest absolute Gasteiger partial charge is 0.147 e. The van der Waals surface area contributed by atoms with Crippen LogP contribution in [0.25, 0.3) is 0 Å². The van der Waals surface area contributed by atoms with E-state index in [1.807, 2.05) is 0 Å². The Morgan fingerprint density at radius 2 is 1.36 bits per heavy atom.